The maximum Gasteiger partial charge on any atom is 0.255 e. The number of phenols is 1. The molecule has 0 spiro atoms. The van der Waals surface area contributed by atoms with Gasteiger partial charge in [-0.3, -0.25) is 9.36 Å². The molecule has 1 unspecified atom stereocenters. The van der Waals surface area contributed by atoms with Crippen LogP contribution >= 0.6 is 11.8 Å². The molecular formula is C35H36N4O4S. The minimum atomic E-state index is -0.324. The fourth-order valence-corrected chi connectivity index (χ4v) is 5.97. The zero-order chi connectivity index (χ0) is 30.9. The van der Waals surface area contributed by atoms with Crippen LogP contribution in [0.4, 0.5) is 0 Å². The molecule has 1 aromatic heterocycles. The minimum Gasteiger partial charge on any atom is -0.507 e. The van der Waals surface area contributed by atoms with Crippen LogP contribution in [0.1, 0.15) is 45.2 Å². The Morgan fingerprint density at radius 1 is 0.886 bits per heavy atom. The number of rotatable bonds is 13. The molecule has 44 heavy (non-hydrogen) atoms. The average Bonchev–Trinajstić information content (AvgIpc) is 3.48. The van der Waals surface area contributed by atoms with Gasteiger partial charge in [0.05, 0.1) is 25.5 Å². The first-order chi connectivity index (χ1) is 21.4. The summed E-state index contributed by atoms with van der Waals surface area (Å²) in [5.41, 5.74) is 4.67. The monoisotopic (exact) mass is 608 g/mol. The normalized spacial score (nSPS) is 11.6. The number of thioether (sulfide) groups is 1. The Morgan fingerprint density at radius 2 is 1.66 bits per heavy atom. The summed E-state index contributed by atoms with van der Waals surface area (Å²) < 4.78 is 13.0. The molecule has 5 rings (SSSR count). The Kier molecular flexibility index (Phi) is 10.2. The summed E-state index contributed by atoms with van der Waals surface area (Å²) in [7, 11) is 3.30. The molecule has 0 aliphatic rings. The quantitative estimate of drug-likeness (QED) is 0.143. The molecule has 9 heteroatoms. The Bertz CT molecular complexity index is 1700. The molecule has 5 aromatic rings. The molecule has 2 N–H and O–H groups in total. The number of aromatic hydroxyl groups is 1. The van der Waals surface area contributed by atoms with Crippen molar-refractivity contribution >= 4 is 17.7 Å². The van der Waals surface area contributed by atoms with Gasteiger partial charge in [-0.05, 0) is 67.3 Å². The maximum absolute atomic E-state index is 12.9. The van der Waals surface area contributed by atoms with E-state index in [4.69, 9.17) is 14.6 Å². The van der Waals surface area contributed by atoms with E-state index in [9.17, 15) is 9.90 Å². The number of aromatic nitrogens is 3. The molecule has 0 aliphatic heterocycles. The molecule has 226 valence electrons. The molecule has 0 aliphatic carbocycles. The van der Waals surface area contributed by atoms with Crippen LogP contribution in [0, 0.1) is 6.92 Å². The first kappa shape index (κ1) is 30.7. The van der Waals surface area contributed by atoms with E-state index in [1.54, 1.807) is 44.2 Å². The van der Waals surface area contributed by atoms with Crippen LogP contribution in [-0.4, -0.2) is 46.5 Å². The van der Waals surface area contributed by atoms with Crippen molar-refractivity contribution in [3.63, 3.8) is 0 Å². The number of methoxy groups -OCH3 is 2. The molecule has 1 atom stereocenters. The predicted molar refractivity (Wildman–Crippen MR) is 173 cm³/mol. The predicted octanol–water partition coefficient (Wildman–Crippen LogP) is 6.74. The Hall–Kier alpha value is -4.76. The number of hydrogen-bond acceptors (Lipinski definition) is 7. The van der Waals surface area contributed by atoms with Crippen molar-refractivity contribution < 1.29 is 19.4 Å². The van der Waals surface area contributed by atoms with Crippen LogP contribution in [0.3, 0.4) is 0 Å². The van der Waals surface area contributed by atoms with Gasteiger partial charge >= 0.3 is 0 Å². The average molecular weight is 609 g/mol. The van der Waals surface area contributed by atoms with Gasteiger partial charge in [-0.25, -0.2) is 0 Å². The lowest BCUT2D eigenvalue weighted by atomic mass is 9.95. The third-order valence-corrected chi connectivity index (χ3v) is 8.35. The summed E-state index contributed by atoms with van der Waals surface area (Å²) in [5.74, 6) is 2.58. The van der Waals surface area contributed by atoms with Crippen LogP contribution in [0.25, 0.3) is 5.69 Å². The number of carbonyl (C=O) groups is 1. The largest absolute Gasteiger partial charge is 0.507 e. The lowest BCUT2D eigenvalue weighted by Gasteiger charge is -2.20. The van der Waals surface area contributed by atoms with Crippen molar-refractivity contribution in [1.82, 2.24) is 20.1 Å². The number of para-hydroxylation sites is 1. The lowest BCUT2D eigenvalue weighted by Crippen LogP contribution is -2.26. The summed E-state index contributed by atoms with van der Waals surface area (Å²) in [4.78, 5) is 12.9. The minimum absolute atomic E-state index is 0.0483. The number of aryl methyl sites for hydroxylation is 1. The first-order valence-electron chi connectivity index (χ1n) is 14.4. The van der Waals surface area contributed by atoms with Crippen LogP contribution in [0.2, 0.25) is 0 Å². The highest BCUT2D eigenvalue weighted by Crippen LogP contribution is 2.32. The summed E-state index contributed by atoms with van der Waals surface area (Å²) in [6.45, 7) is 2.47. The topological polar surface area (TPSA) is 98.5 Å². The molecule has 0 saturated heterocycles. The van der Waals surface area contributed by atoms with Gasteiger partial charge in [0.1, 0.15) is 23.1 Å². The molecule has 0 radical (unpaired) electrons. The number of hydrogen-bond donors (Lipinski definition) is 2. The highest BCUT2D eigenvalue weighted by Gasteiger charge is 2.24. The van der Waals surface area contributed by atoms with E-state index in [-0.39, 0.29) is 23.1 Å². The Balaban J connectivity index is 1.48. The van der Waals surface area contributed by atoms with Crippen molar-refractivity contribution in [1.29, 1.82) is 0 Å². The zero-order valence-electron chi connectivity index (χ0n) is 25.1. The highest BCUT2D eigenvalue weighted by molar-refractivity contribution is 7.98. The SMILES string of the molecule is COc1ccc(CC(CCNC(=O)c2ccccc2O)c2nnc(SCc3cccc(C)c3)n2-c2cccc(OC)c2)cc1. The fraction of sp³-hybridized carbons (Fsp3) is 0.229. The standard InChI is InChI=1S/C35H36N4O4S/c1-24-8-6-9-26(20-24)23-44-35-38-37-33(39(35)28-10-7-11-30(22-28)43-3)27(21-25-14-16-29(42-2)17-15-25)18-19-36-34(41)31-12-4-5-13-32(31)40/h4-17,20,22,27,40H,18-19,21,23H2,1-3H3,(H,36,41). The second kappa shape index (κ2) is 14.6. The van der Waals surface area contributed by atoms with Crippen LogP contribution in [-0.2, 0) is 12.2 Å². The van der Waals surface area contributed by atoms with E-state index in [2.05, 4.69) is 46.2 Å². The van der Waals surface area contributed by atoms with Gasteiger partial charge in [-0.1, -0.05) is 71.9 Å². The Morgan fingerprint density at radius 3 is 2.41 bits per heavy atom. The highest BCUT2D eigenvalue weighted by atomic mass is 32.2. The molecular weight excluding hydrogens is 572 g/mol. The van der Waals surface area contributed by atoms with Crippen molar-refractivity contribution in [2.45, 2.75) is 36.6 Å². The fourth-order valence-electron chi connectivity index (χ4n) is 5.07. The summed E-state index contributed by atoms with van der Waals surface area (Å²) in [6.07, 6.45) is 1.26. The van der Waals surface area contributed by atoms with Crippen LogP contribution in [0.5, 0.6) is 17.2 Å². The van der Waals surface area contributed by atoms with Crippen molar-refractivity contribution in [3.8, 4) is 22.9 Å². The van der Waals surface area contributed by atoms with E-state index in [1.165, 1.54) is 17.2 Å². The molecule has 4 aromatic carbocycles. The number of carbonyl (C=O) groups excluding carboxylic acids is 1. The van der Waals surface area contributed by atoms with Crippen LogP contribution in [0.15, 0.2) is 102 Å². The maximum atomic E-state index is 12.9. The lowest BCUT2D eigenvalue weighted by molar-refractivity contribution is 0.0949. The molecule has 1 heterocycles. The second-order valence-electron chi connectivity index (χ2n) is 10.5. The van der Waals surface area contributed by atoms with Gasteiger partial charge in [-0.2, -0.15) is 0 Å². The molecule has 0 bridgehead atoms. The molecule has 0 fully saturated rings. The van der Waals surface area contributed by atoms with Crippen LogP contribution < -0.4 is 14.8 Å². The zero-order valence-corrected chi connectivity index (χ0v) is 25.9. The molecule has 8 nitrogen and oxygen atoms in total. The van der Waals surface area contributed by atoms with Crippen molar-refractivity contribution in [2.24, 2.45) is 0 Å². The van der Waals surface area contributed by atoms with Gasteiger partial charge in [-0.15, -0.1) is 10.2 Å². The van der Waals surface area contributed by atoms with Gasteiger partial charge in [0.25, 0.3) is 5.91 Å². The smallest absolute Gasteiger partial charge is 0.255 e. The Labute approximate surface area is 262 Å². The second-order valence-corrected chi connectivity index (χ2v) is 11.4. The van der Waals surface area contributed by atoms with E-state index >= 15 is 0 Å². The molecule has 0 saturated carbocycles. The summed E-state index contributed by atoms with van der Waals surface area (Å²) in [5, 5.41) is 23.3. The summed E-state index contributed by atoms with van der Waals surface area (Å²) >= 11 is 1.63. The molecule has 1 amide bonds. The van der Waals surface area contributed by atoms with E-state index in [0.717, 1.165) is 39.5 Å². The third kappa shape index (κ3) is 7.60. The van der Waals surface area contributed by atoms with E-state index in [0.29, 0.717) is 19.4 Å². The van der Waals surface area contributed by atoms with Crippen molar-refractivity contribution in [3.05, 3.63) is 125 Å². The van der Waals surface area contributed by atoms with Gasteiger partial charge in [0.2, 0.25) is 0 Å². The van der Waals surface area contributed by atoms with Gasteiger partial charge < -0.3 is 19.9 Å². The van der Waals surface area contributed by atoms with E-state index in [1.807, 2.05) is 48.5 Å². The number of nitrogens with one attached hydrogen (secondary N) is 1. The number of benzene rings is 4. The van der Waals surface area contributed by atoms with E-state index < -0.39 is 0 Å². The number of phenolic OH excluding ortho intramolecular Hbond substituents is 1. The number of ether oxygens (including phenoxy) is 2. The first-order valence-corrected chi connectivity index (χ1v) is 15.4. The number of amides is 1. The van der Waals surface area contributed by atoms with Gasteiger partial charge in [0, 0.05) is 24.3 Å². The van der Waals surface area contributed by atoms with Crippen molar-refractivity contribution in [2.75, 3.05) is 20.8 Å². The summed E-state index contributed by atoms with van der Waals surface area (Å²) in [6, 6.07) is 30.9. The third-order valence-electron chi connectivity index (χ3n) is 7.35. The van der Waals surface area contributed by atoms with Gasteiger partial charge in [0.15, 0.2) is 5.16 Å². The number of nitrogens with zero attached hydrogens (tertiary/aromatic N) is 3.